The summed E-state index contributed by atoms with van der Waals surface area (Å²) in [5.74, 6) is 0.752. The van der Waals surface area contributed by atoms with Gasteiger partial charge < -0.3 is 20.3 Å². The molecule has 5 nitrogen and oxygen atoms in total. The number of carbonyl (C=O) groups is 1. The molecule has 0 fully saturated rings. The van der Waals surface area contributed by atoms with Crippen molar-refractivity contribution < 1.29 is 9.53 Å². The van der Waals surface area contributed by atoms with Crippen LogP contribution in [0.3, 0.4) is 0 Å². The van der Waals surface area contributed by atoms with Crippen LogP contribution in [0.15, 0.2) is 47.7 Å². The Labute approximate surface area is 152 Å². The van der Waals surface area contributed by atoms with Crippen molar-refractivity contribution in [2.75, 3.05) is 21.2 Å². The Morgan fingerprint density at radius 2 is 1.84 bits per heavy atom. The van der Waals surface area contributed by atoms with Crippen LogP contribution in [0.1, 0.15) is 18.5 Å². The fourth-order valence-corrected chi connectivity index (χ4v) is 3.45. The normalized spacial score (nSPS) is 17.1. The quantitative estimate of drug-likeness (QED) is 0.829. The Hall–Kier alpha value is -2.60. The first kappa shape index (κ1) is 17.2. The minimum absolute atomic E-state index is 0.0510. The van der Waals surface area contributed by atoms with Crippen molar-refractivity contribution >= 4 is 34.0 Å². The monoisotopic (exact) mass is 355 g/mol. The third-order valence-electron chi connectivity index (χ3n) is 4.35. The minimum atomic E-state index is -0.320. The van der Waals surface area contributed by atoms with Gasteiger partial charge in [0.25, 0.3) is 5.91 Å². The fraction of sp³-hybridized carbons (Fsp3) is 0.263. The van der Waals surface area contributed by atoms with Crippen LogP contribution in [0, 0.1) is 0 Å². The Morgan fingerprint density at radius 1 is 1.16 bits per heavy atom. The number of nitrogens with one attached hydrogen (secondary N) is 2. The van der Waals surface area contributed by atoms with Crippen LogP contribution in [-0.2, 0) is 4.79 Å². The molecule has 0 bridgehead atoms. The molecule has 0 aromatic heterocycles. The molecule has 0 saturated carbocycles. The molecule has 0 spiro atoms. The zero-order valence-corrected chi connectivity index (χ0v) is 15.5. The molecule has 2 N–H and O–H groups in total. The number of ether oxygens (including phenoxy) is 1. The number of likely N-dealkylation sites (N-methyl/N-ethyl adjacent to an activating group) is 1. The maximum Gasteiger partial charge on any atom is 0.253 e. The predicted octanol–water partition coefficient (Wildman–Crippen LogP) is 2.73. The number of methoxy groups -OCH3 is 1. The van der Waals surface area contributed by atoms with E-state index in [0.29, 0.717) is 10.7 Å². The second-order valence-corrected chi connectivity index (χ2v) is 6.58. The summed E-state index contributed by atoms with van der Waals surface area (Å²) in [5.41, 5.74) is 2.42. The SMILES string of the molecule is COc1ccc([C@H]2NC(=S)NC(C)=C2C(=O)N(C)C)c2ccccc12. The highest BCUT2D eigenvalue weighted by Crippen LogP contribution is 2.36. The van der Waals surface area contributed by atoms with E-state index in [4.69, 9.17) is 17.0 Å². The second-order valence-electron chi connectivity index (χ2n) is 6.17. The van der Waals surface area contributed by atoms with Crippen LogP contribution in [0.25, 0.3) is 10.8 Å². The molecule has 0 radical (unpaired) electrons. The number of benzene rings is 2. The Balaban J connectivity index is 2.23. The van der Waals surface area contributed by atoms with E-state index in [9.17, 15) is 4.79 Å². The summed E-state index contributed by atoms with van der Waals surface area (Å²) in [7, 11) is 5.15. The average molecular weight is 355 g/mol. The van der Waals surface area contributed by atoms with Crippen LogP contribution in [0.2, 0.25) is 0 Å². The number of hydrogen-bond donors (Lipinski definition) is 2. The van der Waals surface area contributed by atoms with E-state index in [2.05, 4.69) is 10.6 Å². The Bertz CT molecular complexity index is 889. The van der Waals surface area contributed by atoms with Crippen molar-refractivity contribution in [2.24, 2.45) is 0 Å². The molecule has 2 aromatic carbocycles. The van der Waals surface area contributed by atoms with E-state index in [1.54, 1.807) is 26.1 Å². The molecule has 1 amide bonds. The zero-order valence-electron chi connectivity index (χ0n) is 14.7. The van der Waals surface area contributed by atoms with Gasteiger partial charge in [0, 0.05) is 25.2 Å². The largest absolute Gasteiger partial charge is 0.496 e. The highest BCUT2D eigenvalue weighted by molar-refractivity contribution is 7.80. The lowest BCUT2D eigenvalue weighted by Gasteiger charge is -2.32. The third kappa shape index (κ3) is 3.05. The highest BCUT2D eigenvalue weighted by Gasteiger charge is 2.31. The average Bonchev–Trinajstić information content (AvgIpc) is 2.59. The van der Waals surface area contributed by atoms with E-state index in [0.717, 1.165) is 27.8 Å². The molecule has 0 unspecified atom stereocenters. The van der Waals surface area contributed by atoms with Gasteiger partial charge in [-0.2, -0.15) is 0 Å². The van der Waals surface area contributed by atoms with Crippen molar-refractivity contribution in [3.8, 4) is 5.75 Å². The molecule has 2 aromatic rings. The van der Waals surface area contributed by atoms with Gasteiger partial charge in [0.15, 0.2) is 5.11 Å². The van der Waals surface area contributed by atoms with E-state index in [1.165, 1.54) is 0 Å². The van der Waals surface area contributed by atoms with Crippen LogP contribution >= 0.6 is 12.2 Å². The summed E-state index contributed by atoms with van der Waals surface area (Å²) >= 11 is 5.33. The summed E-state index contributed by atoms with van der Waals surface area (Å²) in [6.45, 7) is 1.88. The van der Waals surface area contributed by atoms with Gasteiger partial charge in [0.2, 0.25) is 0 Å². The lowest BCUT2D eigenvalue weighted by molar-refractivity contribution is -0.125. The van der Waals surface area contributed by atoms with Gasteiger partial charge in [-0.05, 0) is 36.2 Å². The molecule has 0 saturated heterocycles. The lowest BCUT2D eigenvalue weighted by atomic mass is 9.90. The van der Waals surface area contributed by atoms with Crippen LogP contribution in [0.5, 0.6) is 5.75 Å². The summed E-state index contributed by atoms with van der Waals surface area (Å²) in [6, 6.07) is 11.6. The number of carbonyl (C=O) groups excluding carboxylic acids is 1. The van der Waals surface area contributed by atoms with Crippen LogP contribution in [0.4, 0.5) is 0 Å². The Kier molecular flexibility index (Phi) is 4.63. The first-order chi connectivity index (χ1) is 11.9. The number of nitrogens with zero attached hydrogens (tertiary/aromatic N) is 1. The van der Waals surface area contributed by atoms with E-state index in [1.807, 2.05) is 43.3 Å². The topological polar surface area (TPSA) is 53.6 Å². The van der Waals surface area contributed by atoms with Crippen molar-refractivity contribution in [3.63, 3.8) is 0 Å². The molecule has 1 heterocycles. The van der Waals surface area contributed by atoms with E-state index < -0.39 is 0 Å². The molecule has 1 aliphatic rings. The van der Waals surface area contributed by atoms with Crippen molar-refractivity contribution in [3.05, 3.63) is 53.2 Å². The number of thiocarbonyl (C=S) groups is 1. The molecular weight excluding hydrogens is 334 g/mol. The number of hydrogen-bond acceptors (Lipinski definition) is 3. The van der Waals surface area contributed by atoms with Crippen molar-refractivity contribution in [2.45, 2.75) is 13.0 Å². The van der Waals surface area contributed by atoms with Gasteiger partial charge in [-0.3, -0.25) is 4.79 Å². The molecule has 3 rings (SSSR count). The number of rotatable bonds is 3. The fourth-order valence-electron chi connectivity index (χ4n) is 3.18. The first-order valence-corrected chi connectivity index (χ1v) is 8.40. The third-order valence-corrected chi connectivity index (χ3v) is 4.57. The molecular formula is C19H21N3O2S. The zero-order chi connectivity index (χ0) is 18.1. The maximum absolute atomic E-state index is 12.8. The second kappa shape index (κ2) is 6.72. The van der Waals surface area contributed by atoms with Crippen LogP contribution in [-0.4, -0.2) is 37.1 Å². The molecule has 25 heavy (non-hydrogen) atoms. The maximum atomic E-state index is 12.8. The standard InChI is InChI=1S/C19H21N3O2S/c1-11-16(18(23)22(2)3)17(21-19(25)20-11)14-9-10-15(24-4)13-8-6-5-7-12(13)14/h5-10,17H,1-4H3,(H2,20,21,25)/t17-/m1/s1. The van der Waals surface area contributed by atoms with Gasteiger partial charge in [-0.1, -0.05) is 30.3 Å². The minimum Gasteiger partial charge on any atom is -0.496 e. The summed E-state index contributed by atoms with van der Waals surface area (Å²) in [4.78, 5) is 14.4. The summed E-state index contributed by atoms with van der Waals surface area (Å²) in [5, 5.41) is 8.86. The lowest BCUT2D eigenvalue weighted by Crippen LogP contribution is -2.46. The molecule has 6 heteroatoms. The van der Waals surface area contributed by atoms with Gasteiger partial charge in [0.05, 0.1) is 18.7 Å². The van der Waals surface area contributed by atoms with Gasteiger partial charge in [-0.25, -0.2) is 0 Å². The smallest absolute Gasteiger partial charge is 0.253 e. The number of amides is 1. The molecule has 0 aliphatic carbocycles. The Morgan fingerprint density at radius 3 is 2.48 bits per heavy atom. The highest BCUT2D eigenvalue weighted by atomic mass is 32.1. The van der Waals surface area contributed by atoms with Crippen molar-refractivity contribution in [1.82, 2.24) is 15.5 Å². The molecule has 130 valence electrons. The van der Waals surface area contributed by atoms with Crippen molar-refractivity contribution in [1.29, 1.82) is 0 Å². The number of allylic oxidation sites excluding steroid dienone is 1. The van der Waals surface area contributed by atoms with E-state index in [-0.39, 0.29) is 11.9 Å². The molecule has 1 aliphatic heterocycles. The van der Waals surface area contributed by atoms with E-state index >= 15 is 0 Å². The van der Waals surface area contributed by atoms with Gasteiger partial charge in [-0.15, -0.1) is 0 Å². The predicted molar refractivity (Wildman–Crippen MR) is 104 cm³/mol. The number of fused-ring (bicyclic) bond motifs is 1. The first-order valence-electron chi connectivity index (χ1n) is 7.99. The van der Waals surface area contributed by atoms with Gasteiger partial charge >= 0.3 is 0 Å². The van der Waals surface area contributed by atoms with Gasteiger partial charge in [0.1, 0.15) is 5.75 Å². The van der Waals surface area contributed by atoms with Crippen LogP contribution < -0.4 is 15.4 Å². The summed E-state index contributed by atoms with van der Waals surface area (Å²) < 4.78 is 5.48. The summed E-state index contributed by atoms with van der Waals surface area (Å²) in [6.07, 6.45) is 0. The molecule has 1 atom stereocenters.